The molecule has 1 aliphatic rings. The number of anilines is 2. The van der Waals surface area contributed by atoms with Gasteiger partial charge < -0.3 is 15.0 Å². The molecule has 2 aromatic carbocycles. The number of hydrogen-bond acceptors (Lipinski definition) is 5. The van der Waals surface area contributed by atoms with E-state index < -0.39 is 0 Å². The van der Waals surface area contributed by atoms with Crippen LogP contribution in [-0.4, -0.2) is 30.4 Å². The second kappa shape index (κ2) is 7.60. The fourth-order valence-electron chi connectivity index (χ4n) is 3.49. The molecule has 1 saturated heterocycles. The van der Waals surface area contributed by atoms with Gasteiger partial charge in [0.1, 0.15) is 5.75 Å². The van der Waals surface area contributed by atoms with Crippen molar-refractivity contribution in [1.82, 2.24) is 10.2 Å². The molecule has 1 N–H and O–H groups in total. The zero-order valence-electron chi connectivity index (χ0n) is 15.1. The Morgan fingerprint density at radius 2 is 1.65 bits per heavy atom. The highest BCUT2D eigenvalue weighted by Gasteiger charge is 2.17. The second-order valence-electron chi connectivity index (χ2n) is 6.67. The number of fused-ring (bicyclic) bond motifs is 1. The highest BCUT2D eigenvalue weighted by Crippen LogP contribution is 2.30. The van der Waals surface area contributed by atoms with Crippen LogP contribution in [-0.2, 0) is 6.54 Å². The number of nitrogens with one attached hydrogen (secondary N) is 1. The van der Waals surface area contributed by atoms with Crippen LogP contribution in [0.3, 0.4) is 0 Å². The Kier molecular flexibility index (Phi) is 4.86. The Labute approximate surface area is 154 Å². The summed E-state index contributed by atoms with van der Waals surface area (Å²) in [6.07, 6.45) is 3.77. The molecular formula is C21H24N4O. The van der Waals surface area contributed by atoms with Crippen molar-refractivity contribution in [3.8, 4) is 5.75 Å². The Balaban J connectivity index is 1.59. The molecule has 0 amide bonds. The third-order valence-electron chi connectivity index (χ3n) is 4.94. The predicted octanol–water partition coefficient (Wildman–Crippen LogP) is 4.24. The Bertz CT molecular complexity index is 873. The van der Waals surface area contributed by atoms with Crippen molar-refractivity contribution in [3.63, 3.8) is 0 Å². The van der Waals surface area contributed by atoms with Crippen molar-refractivity contribution in [2.45, 2.75) is 25.8 Å². The molecule has 0 saturated carbocycles. The van der Waals surface area contributed by atoms with Crippen molar-refractivity contribution in [1.29, 1.82) is 0 Å². The summed E-state index contributed by atoms with van der Waals surface area (Å²) in [7, 11) is 1.68. The molecule has 5 nitrogen and oxygen atoms in total. The molecule has 1 aromatic heterocycles. The van der Waals surface area contributed by atoms with Crippen LogP contribution in [0.1, 0.15) is 24.8 Å². The standard InChI is InChI=1S/C21H24N4O/c1-26-17-11-9-16(10-12-17)15-22-20-18-7-3-4-8-19(18)21(24-23-20)25-13-5-2-6-14-25/h3-4,7-12H,2,5-6,13-15H2,1H3,(H,22,23). The van der Waals surface area contributed by atoms with Gasteiger partial charge in [0.05, 0.1) is 7.11 Å². The van der Waals surface area contributed by atoms with Crippen LogP contribution in [0.2, 0.25) is 0 Å². The summed E-state index contributed by atoms with van der Waals surface area (Å²) in [6.45, 7) is 2.83. The van der Waals surface area contributed by atoms with Gasteiger partial charge in [-0.2, -0.15) is 0 Å². The number of rotatable bonds is 5. The Hall–Kier alpha value is -2.82. The minimum atomic E-state index is 0.700. The van der Waals surface area contributed by atoms with Gasteiger partial charge in [-0.25, -0.2) is 0 Å². The summed E-state index contributed by atoms with van der Waals surface area (Å²) in [5.41, 5.74) is 1.18. The molecule has 26 heavy (non-hydrogen) atoms. The number of piperidine rings is 1. The van der Waals surface area contributed by atoms with Crippen LogP contribution < -0.4 is 15.0 Å². The van der Waals surface area contributed by atoms with Gasteiger partial charge in [0, 0.05) is 30.4 Å². The molecule has 0 atom stereocenters. The zero-order chi connectivity index (χ0) is 17.8. The molecule has 0 spiro atoms. The Morgan fingerprint density at radius 1 is 0.923 bits per heavy atom. The van der Waals surface area contributed by atoms with Crippen LogP contribution in [0.4, 0.5) is 11.6 Å². The largest absolute Gasteiger partial charge is 0.497 e. The number of benzene rings is 2. The predicted molar refractivity (Wildman–Crippen MR) is 106 cm³/mol. The number of ether oxygens (including phenoxy) is 1. The molecule has 0 radical (unpaired) electrons. The number of aromatic nitrogens is 2. The average Bonchev–Trinajstić information content (AvgIpc) is 2.73. The first-order valence-electron chi connectivity index (χ1n) is 9.22. The smallest absolute Gasteiger partial charge is 0.159 e. The number of nitrogens with zero attached hydrogens (tertiary/aromatic N) is 3. The molecule has 134 valence electrons. The maximum atomic E-state index is 5.21. The second-order valence-corrected chi connectivity index (χ2v) is 6.67. The third kappa shape index (κ3) is 3.43. The summed E-state index contributed by atoms with van der Waals surface area (Å²) in [6, 6.07) is 16.5. The molecule has 4 rings (SSSR count). The fourth-order valence-corrected chi connectivity index (χ4v) is 3.49. The summed E-state index contributed by atoms with van der Waals surface area (Å²) in [5.74, 6) is 2.71. The van der Waals surface area contributed by atoms with E-state index in [0.29, 0.717) is 6.54 Å². The molecule has 3 aromatic rings. The number of hydrogen-bond donors (Lipinski definition) is 1. The van der Waals surface area contributed by atoms with Gasteiger partial charge in [-0.15, -0.1) is 10.2 Å². The molecule has 1 aliphatic heterocycles. The molecule has 2 heterocycles. The van der Waals surface area contributed by atoms with E-state index >= 15 is 0 Å². The minimum Gasteiger partial charge on any atom is -0.497 e. The van der Waals surface area contributed by atoms with Crippen molar-refractivity contribution in [3.05, 3.63) is 54.1 Å². The molecule has 0 unspecified atom stereocenters. The normalized spacial score (nSPS) is 14.4. The first-order chi connectivity index (χ1) is 12.8. The van der Waals surface area contributed by atoms with Gasteiger partial charge in [-0.3, -0.25) is 0 Å². The third-order valence-corrected chi connectivity index (χ3v) is 4.94. The molecule has 0 aliphatic carbocycles. The highest BCUT2D eigenvalue weighted by molar-refractivity contribution is 5.98. The molecular weight excluding hydrogens is 324 g/mol. The van der Waals surface area contributed by atoms with Gasteiger partial charge in [-0.1, -0.05) is 36.4 Å². The van der Waals surface area contributed by atoms with E-state index in [0.717, 1.165) is 35.9 Å². The minimum absolute atomic E-state index is 0.700. The van der Waals surface area contributed by atoms with E-state index in [9.17, 15) is 0 Å². The summed E-state index contributed by atoms with van der Waals surface area (Å²) >= 11 is 0. The summed E-state index contributed by atoms with van der Waals surface area (Å²) in [4.78, 5) is 2.37. The lowest BCUT2D eigenvalue weighted by atomic mass is 10.1. The van der Waals surface area contributed by atoms with Gasteiger partial charge in [0.15, 0.2) is 11.6 Å². The zero-order valence-corrected chi connectivity index (χ0v) is 15.1. The van der Waals surface area contributed by atoms with Crippen LogP contribution >= 0.6 is 0 Å². The lowest BCUT2D eigenvalue weighted by Gasteiger charge is -2.28. The monoisotopic (exact) mass is 348 g/mol. The van der Waals surface area contributed by atoms with Crippen molar-refractivity contribution >= 4 is 22.4 Å². The van der Waals surface area contributed by atoms with Gasteiger partial charge in [0.25, 0.3) is 0 Å². The van der Waals surface area contributed by atoms with Crippen LogP contribution in [0.5, 0.6) is 5.75 Å². The average molecular weight is 348 g/mol. The quantitative estimate of drug-likeness (QED) is 0.747. The lowest BCUT2D eigenvalue weighted by Crippen LogP contribution is -2.30. The maximum absolute atomic E-state index is 5.21. The SMILES string of the molecule is COc1ccc(CNc2nnc(N3CCCCC3)c3ccccc23)cc1. The van der Waals surface area contributed by atoms with Gasteiger partial charge >= 0.3 is 0 Å². The van der Waals surface area contributed by atoms with Crippen LogP contribution in [0, 0.1) is 0 Å². The van der Waals surface area contributed by atoms with Crippen LogP contribution in [0.25, 0.3) is 10.8 Å². The van der Waals surface area contributed by atoms with E-state index in [-0.39, 0.29) is 0 Å². The topological polar surface area (TPSA) is 50.3 Å². The maximum Gasteiger partial charge on any atom is 0.159 e. The van der Waals surface area contributed by atoms with Crippen molar-refractivity contribution in [2.24, 2.45) is 0 Å². The summed E-state index contributed by atoms with van der Waals surface area (Å²) in [5, 5.41) is 14.8. The first-order valence-corrected chi connectivity index (χ1v) is 9.22. The number of methoxy groups -OCH3 is 1. The molecule has 1 fully saturated rings. The Morgan fingerprint density at radius 3 is 2.38 bits per heavy atom. The molecule has 0 bridgehead atoms. The van der Waals surface area contributed by atoms with E-state index in [1.807, 2.05) is 12.1 Å². The molecule has 5 heteroatoms. The van der Waals surface area contributed by atoms with Gasteiger partial charge in [0.2, 0.25) is 0 Å². The fraction of sp³-hybridized carbons (Fsp3) is 0.333. The van der Waals surface area contributed by atoms with Crippen LogP contribution in [0.15, 0.2) is 48.5 Å². The van der Waals surface area contributed by atoms with E-state index in [1.54, 1.807) is 7.11 Å². The lowest BCUT2D eigenvalue weighted by molar-refractivity contribution is 0.414. The van der Waals surface area contributed by atoms with E-state index in [1.165, 1.54) is 30.2 Å². The van der Waals surface area contributed by atoms with E-state index in [2.05, 4.69) is 56.8 Å². The van der Waals surface area contributed by atoms with Crippen molar-refractivity contribution in [2.75, 3.05) is 30.4 Å². The van der Waals surface area contributed by atoms with E-state index in [4.69, 9.17) is 4.74 Å². The summed E-state index contributed by atoms with van der Waals surface area (Å²) < 4.78 is 5.21. The van der Waals surface area contributed by atoms with Gasteiger partial charge in [-0.05, 0) is 37.0 Å². The first kappa shape index (κ1) is 16.6. The highest BCUT2D eigenvalue weighted by atomic mass is 16.5. The van der Waals surface area contributed by atoms with Crippen molar-refractivity contribution < 1.29 is 4.74 Å².